The zero-order chi connectivity index (χ0) is 15.0. The molecule has 0 saturated carbocycles. The van der Waals surface area contributed by atoms with Crippen LogP contribution in [0.4, 0.5) is 0 Å². The maximum absolute atomic E-state index is 12.1. The first-order chi connectivity index (χ1) is 10.1. The summed E-state index contributed by atoms with van der Waals surface area (Å²) in [4.78, 5) is 26.8. The SMILES string of the molecule is CNC(=O)c1cc2ccc(=O)n(-c3ccc(O)cc3)c2[nH]1. The highest BCUT2D eigenvalue weighted by molar-refractivity contribution is 5.97. The summed E-state index contributed by atoms with van der Waals surface area (Å²) in [6.07, 6.45) is 0. The molecule has 0 fully saturated rings. The molecule has 0 aliphatic heterocycles. The van der Waals surface area contributed by atoms with Gasteiger partial charge in [-0.1, -0.05) is 0 Å². The number of phenolic OH excluding ortho intramolecular Hbond substituents is 1. The molecule has 3 aromatic rings. The molecule has 0 spiro atoms. The summed E-state index contributed by atoms with van der Waals surface area (Å²) < 4.78 is 1.46. The fraction of sp³-hybridized carbons (Fsp3) is 0.0667. The van der Waals surface area contributed by atoms with Crippen molar-refractivity contribution in [2.24, 2.45) is 0 Å². The van der Waals surface area contributed by atoms with E-state index < -0.39 is 0 Å². The van der Waals surface area contributed by atoms with E-state index in [1.807, 2.05) is 0 Å². The number of phenols is 1. The van der Waals surface area contributed by atoms with Crippen LogP contribution in [-0.2, 0) is 0 Å². The topological polar surface area (TPSA) is 87.1 Å². The molecule has 106 valence electrons. The van der Waals surface area contributed by atoms with E-state index in [1.54, 1.807) is 31.3 Å². The molecule has 0 radical (unpaired) electrons. The van der Waals surface area contributed by atoms with E-state index in [0.717, 1.165) is 5.39 Å². The molecule has 2 aromatic heterocycles. The van der Waals surface area contributed by atoms with Gasteiger partial charge in [-0.25, -0.2) is 0 Å². The minimum Gasteiger partial charge on any atom is -0.508 e. The Kier molecular flexibility index (Phi) is 2.98. The lowest BCUT2D eigenvalue weighted by molar-refractivity contribution is 0.0959. The van der Waals surface area contributed by atoms with Crippen molar-refractivity contribution in [1.82, 2.24) is 14.9 Å². The Hall–Kier alpha value is -3.02. The third kappa shape index (κ3) is 2.16. The Morgan fingerprint density at radius 2 is 1.90 bits per heavy atom. The number of carbonyl (C=O) groups is 1. The highest BCUT2D eigenvalue weighted by atomic mass is 16.3. The number of aromatic nitrogens is 2. The molecule has 1 amide bonds. The summed E-state index contributed by atoms with van der Waals surface area (Å²) in [6.45, 7) is 0. The van der Waals surface area contributed by atoms with Gasteiger partial charge in [0.25, 0.3) is 11.5 Å². The van der Waals surface area contributed by atoms with Crippen LogP contribution in [0.15, 0.2) is 47.3 Å². The van der Waals surface area contributed by atoms with Crippen LogP contribution in [-0.4, -0.2) is 27.6 Å². The van der Waals surface area contributed by atoms with Crippen LogP contribution in [0, 0.1) is 0 Å². The molecule has 1 aromatic carbocycles. The molecule has 0 unspecified atom stereocenters. The van der Waals surface area contributed by atoms with Crippen molar-refractivity contribution in [3.8, 4) is 11.4 Å². The molecule has 0 atom stereocenters. The second kappa shape index (κ2) is 4.82. The third-order valence-electron chi connectivity index (χ3n) is 3.26. The number of fused-ring (bicyclic) bond motifs is 1. The number of hydrogen-bond acceptors (Lipinski definition) is 3. The number of nitrogens with zero attached hydrogens (tertiary/aromatic N) is 1. The van der Waals surface area contributed by atoms with Gasteiger partial charge in [-0.15, -0.1) is 0 Å². The molecule has 3 rings (SSSR count). The van der Waals surface area contributed by atoms with Crippen LogP contribution in [0.25, 0.3) is 16.7 Å². The zero-order valence-electron chi connectivity index (χ0n) is 11.3. The van der Waals surface area contributed by atoms with Crippen LogP contribution in [0.3, 0.4) is 0 Å². The maximum atomic E-state index is 12.1. The van der Waals surface area contributed by atoms with Gasteiger partial charge in [0.1, 0.15) is 17.1 Å². The molecular formula is C15H13N3O3. The van der Waals surface area contributed by atoms with E-state index in [9.17, 15) is 14.7 Å². The number of aromatic amines is 1. The van der Waals surface area contributed by atoms with E-state index in [2.05, 4.69) is 10.3 Å². The Labute approximate surface area is 119 Å². The van der Waals surface area contributed by atoms with Crippen molar-refractivity contribution >= 4 is 16.9 Å². The molecule has 3 N–H and O–H groups in total. The Morgan fingerprint density at radius 3 is 2.57 bits per heavy atom. The van der Waals surface area contributed by atoms with Gasteiger partial charge in [-0.05, 0) is 36.4 Å². The van der Waals surface area contributed by atoms with Crippen molar-refractivity contribution in [1.29, 1.82) is 0 Å². The van der Waals surface area contributed by atoms with Crippen molar-refractivity contribution in [2.75, 3.05) is 7.05 Å². The Morgan fingerprint density at radius 1 is 1.19 bits per heavy atom. The van der Waals surface area contributed by atoms with Gasteiger partial charge in [-0.3, -0.25) is 14.2 Å². The number of aromatic hydroxyl groups is 1. The number of H-pyrrole nitrogens is 1. The van der Waals surface area contributed by atoms with Crippen LogP contribution < -0.4 is 10.9 Å². The third-order valence-corrected chi connectivity index (χ3v) is 3.26. The average molecular weight is 283 g/mol. The largest absolute Gasteiger partial charge is 0.508 e. The van der Waals surface area contributed by atoms with Gasteiger partial charge in [-0.2, -0.15) is 0 Å². The van der Waals surface area contributed by atoms with Crippen LogP contribution in [0.5, 0.6) is 5.75 Å². The molecule has 0 aliphatic rings. The molecule has 21 heavy (non-hydrogen) atoms. The zero-order valence-corrected chi connectivity index (χ0v) is 11.3. The molecule has 0 bridgehead atoms. The van der Waals surface area contributed by atoms with E-state index in [1.165, 1.54) is 22.8 Å². The van der Waals surface area contributed by atoms with Gasteiger partial charge in [0.2, 0.25) is 0 Å². The number of amides is 1. The van der Waals surface area contributed by atoms with E-state index >= 15 is 0 Å². The minimum absolute atomic E-state index is 0.122. The predicted molar refractivity (Wildman–Crippen MR) is 79.0 cm³/mol. The van der Waals surface area contributed by atoms with Crippen molar-refractivity contribution in [3.05, 3.63) is 58.5 Å². The van der Waals surface area contributed by atoms with Crippen LogP contribution >= 0.6 is 0 Å². The minimum atomic E-state index is -0.254. The first kappa shape index (κ1) is 13.0. The highest BCUT2D eigenvalue weighted by Crippen LogP contribution is 2.19. The standard InChI is InChI=1S/C15H13N3O3/c1-16-15(21)12-8-9-2-7-13(20)18(14(9)17-12)10-3-5-11(19)6-4-10/h2-8,17,19H,1H3,(H,16,21). The van der Waals surface area contributed by atoms with Crippen molar-refractivity contribution in [2.45, 2.75) is 0 Å². The Balaban J connectivity index is 2.28. The Bertz CT molecular complexity index is 875. The lowest BCUT2D eigenvalue weighted by Gasteiger charge is -2.07. The summed E-state index contributed by atoms with van der Waals surface area (Å²) in [5.41, 5.74) is 1.30. The van der Waals surface area contributed by atoms with E-state index in [4.69, 9.17) is 0 Å². The van der Waals surface area contributed by atoms with Gasteiger partial charge < -0.3 is 15.4 Å². The number of hydrogen-bond donors (Lipinski definition) is 3. The fourth-order valence-corrected chi connectivity index (χ4v) is 2.23. The second-order valence-corrected chi connectivity index (χ2v) is 4.59. The summed E-state index contributed by atoms with van der Waals surface area (Å²) in [5.74, 6) is -0.132. The fourth-order valence-electron chi connectivity index (χ4n) is 2.23. The molecule has 2 heterocycles. The molecule has 0 saturated heterocycles. The molecule has 0 aliphatic carbocycles. The quantitative estimate of drug-likeness (QED) is 0.664. The van der Waals surface area contributed by atoms with Gasteiger partial charge in [0, 0.05) is 18.5 Å². The van der Waals surface area contributed by atoms with Gasteiger partial charge in [0.05, 0.1) is 5.69 Å². The van der Waals surface area contributed by atoms with Gasteiger partial charge in [0.15, 0.2) is 0 Å². The number of benzene rings is 1. The summed E-state index contributed by atoms with van der Waals surface area (Å²) in [5, 5.41) is 12.6. The first-order valence-corrected chi connectivity index (χ1v) is 6.36. The van der Waals surface area contributed by atoms with Crippen molar-refractivity contribution < 1.29 is 9.90 Å². The monoisotopic (exact) mass is 283 g/mol. The van der Waals surface area contributed by atoms with E-state index in [-0.39, 0.29) is 17.2 Å². The number of carbonyl (C=O) groups excluding carboxylic acids is 1. The number of rotatable bonds is 2. The van der Waals surface area contributed by atoms with E-state index in [0.29, 0.717) is 17.0 Å². The normalized spacial score (nSPS) is 10.7. The number of nitrogens with one attached hydrogen (secondary N) is 2. The summed E-state index contributed by atoms with van der Waals surface area (Å²) in [7, 11) is 1.54. The summed E-state index contributed by atoms with van der Waals surface area (Å²) in [6, 6.07) is 11.1. The molecule has 6 nitrogen and oxygen atoms in total. The van der Waals surface area contributed by atoms with Crippen LogP contribution in [0.1, 0.15) is 10.5 Å². The second-order valence-electron chi connectivity index (χ2n) is 4.59. The van der Waals surface area contributed by atoms with Gasteiger partial charge >= 0.3 is 0 Å². The lowest BCUT2D eigenvalue weighted by atomic mass is 10.2. The average Bonchev–Trinajstić information content (AvgIpc) is 2.91. The first-order valence-electron chi connectivity index (χ1n) is 6.36. The van der Waals surface area contributed by atoms with Crippen LogP contribution in [0.2, 0.25) is 0 Å². The molecular weight excluding hydrogens is 270 g/mol. The summed E-state index contributed by atoms with van der Waals surface area (Å²) >= 11 is 0. The smallest absolute Gasteiger partial charge is 0.267 e. The highest BCUT2D eigenvalue weighted by Gasteiger charge is 2.12. The predicted octanol–water partition coefficient (Wildman–Crippen LogP) is 1.38. The number of pyridine rings is 1. The van der Waals surface area contributed by atoms with Crippen molar-refractivity contribution in [3.63, 3.8) is 0 Å². The lowest BCUT2D eigenvalue weighted by Crippen LogP contribution is -2.19. The molecule has 6 heteroatoms. The maximum Gasteiger partial charge on any atom is 0.267 e.